The Balaban J connectivity index is 1.72. The second-order valence-corrected chi connectivity index (χ2v) is 8.56. The Morgan fingerprint density at radius 3 is 2.47 bits per heavy atom. The summed E-state index contributed by atoms with van der Waals surface area (Å²) in [6, 6.07) is 10.8. The second-order valence-electron chi connectivity index (χ2n) is 7.73. The molecule has 0 aliphatic heterocycles. The van der Waals surface area contributed by atoms with Crippen LogP contribution < -0.4 is 9.64 Å². The van der Waals surface area contributed by atoms with E-state index >= 15 is 0 Å². The number of amides is 1. The minimum atomic E-state index is -0.927. The molecule has 0 saturated heterocycles. The number of hydrogen-bond acceptors (Lipinski definition) is 7. The van der Waals surface area contributed by atoms with E-state index in [1.54, 1.807) is 43.6 Å². The van der Waals surface area contributed by atoms with Gasteiger partial charge in [0.05, 0.1) is 24.6 Å². The van der Waals surface area contributed by atoms with Crippen molar-refractivity contribution in [3.8, 4) is 17.0 Å². The van der Waals surface area contributed by atoms with Crippen molar-refractivity contribution < 1.29 is 19.1 Å². The van der Waals surface area contributed by atoms with E-state index in [0.29, 0.717) is 23.1 Å². The van der Waals surface area contributed by atoms with Crippen molar-refractivity contribution in [3.63, 3.8) is 0 Å². The van der Waals surface area contributed by atoms with Crippen LogP contribution in [0.25, 0.3) is 11.3 Å². The standard InChI is InChI=1S/C26H31N3O4S/c1-3-5-6-7-8-9-17-33-22-14-12-21(13-15-22)29(24(30)25(31)32-4-2)26-28-23(19-34-26)20-11-10-16-27-18-20/h10-16,18-19H,3-9,17H2,1-2H3. The maximum atomic E-state index is 13.0. The molecule has 0 fully saturated rings. The number of carbonyl (C=O) groups excluding carboxylic acids is 2. The van der Waals surface area contributed by atoms with Crippen LogP contribution >= 0.6 is 11.3 Å². The molecule has 0 spiro atoms. The fourth-order valence-electron chi connectivity index (χ4n) is 3.38. The fourth-order valence-corrected chi connectivity index (χ4v) is 4.23. The van der Waals surface area contributed by atoms with Gasteiger partial charge in [0.25, 0.3) is 0 Å². The Bertz CT molecular complexity index is 1040. The molecule has 2 aromatic heterocycles. The average molecular weight is 482 g/mol. The molecule has 2 heterocycles. The first-order valence-corrected chi connectivity index (χ1v) is 12.6. The molecule has 8 heteroatoms. The third kappa shape index (κ3) is 7.12. The van der Waals surface area contributed by atoms with Crippen molar-refractivity contribution in [1.29, 1.82) is 0 Å². The van der Waals surface area contributed by atoms with E-state index < -0.39 is 11.9 Å². The molecule has 1 amide bonds. The van der Waals surface area contributed by atoms with Gasteiger partial charge in [-0.25, -0.2) is 14.7 Å². The summed E-state index contributed by atoms with van der Waals surface area (Å²) >= 11 is 1.27. The molecule has 0 atom stereocenters. The van der Waals surface area contributed by atoms with E-state index in [2.05, 4.69) is 16.9 Å². The van der Waals surface area contributed by atoms with Gasteiger partial charge in [0.15, 0.2) is 5.13 Å². The third-order valence-electron chi connectivity index (χ3n) is 5.16. The van der Waals surface area contributed by atoms with Gasteiger partial charge in [0.1, 0.15) is 5.75 Å². The van der Waals surface area contributed by atoms with Crippen LogP contribution in [0.15, 0.2) is 54.2 Å². The van der Waals surface area contributed by atoms with Gasteiger partial charge in [0.2, 0.25) is 0 Å². The molecule has 0 aliphatic carbocycles. The molecule has 0 aliphatic rings. The largest absolute Gasteiger partial charge is 0.494 e. The molecule has 0 saturated carbocycles. The number of hydrogen-bond donors (Lipinski definition) is 0. The highest BCUT2D eigenvalue weighted by Gasteiger charge is 2.28. The van der Waals surface area contributed by atoms with Crippen LogP contribution in [-0.4, -0.2) is 35.1 Å². The number of unbranched alkanes of at least 4 members (excludes halogenated alkanes) is 5. The van der Waals surface area contributed by atoms with Crippen LogP contribution in [0.3, 0.4) is 0 Å². The molecule has 34 heavy (non-hydrogen) atoms. The van der Waals surface area contributed by atoms with Crippen molar-refractivity contribution in [1.82, 2.24) is 9.97 Å². The molecule has 3 rings (SSSR count). The maximum Gasteiger partial charge on any atom is 0.397 e. The summed E-state index contributed by atoms with van der Waals surface area (Å²) in [6.07, 6.45) is 10.6. The van der Waals surface area contributed by atoms with E-state index in [-0.39, 0.29) is 6.61 Å². The molecule has 3 aromatic rings. The zero-order chi connectivity index (χ0) is 24.2. The van der Waals surface area contributed by atoms with E-state index in [4.69, 9.17) is 9.47 Å². The van der Waals surface area contributed by atoms with Gasteiger partial charge in [-0.15, -0.1) is 11.3 Å². The molecule has 0 unspecified atom stereocenters. The number of anilines is 2. The molecule has 180 valence electrons. The number of nitrogens with zero attached hydrogens (tertiary/aromatic N) is 3. The quantitative estimate of drug-likeness (QED) is 0.175. The smallest absolute Gasteiger partial charge is 0.397 e. The lowest BCUT2D eigenvalue weighted by Crippen LogP contribution is -2.34. The number of esters is 1. The predicted molar refractivity (Wildman–Crippen MR) is 134 cm³/mol. The minimum absolute atomic E-state index is 0.114. The van der Waals surface area contributed by atoms with Gasteiger partial charge >= 0.3 is 11.9 Å². The highest BCUT2D eigenvalue weighted by atomic mass is 32.1. The summed E-state index contributed by atoms with van der Waals surface area (Å²) in [5.74, 6) is -1.00. The fraction of sp³-hybridized carbons (Fsp3) is 0.385. The van der Waals surface area contributed by atoms with Crippen LogP contribution in [0.1, 0.15) is 52.4 Å². The van der Waals surface area contributed by atoms with Crippen LogP contribution in [0.5, 0.6) is 5.75 Å². The molecular formula is C26H31N3O4S. The van der Waals surface area contributed by atoms with Gasteiger partial charge in [-0.05, 0) is 49.7 Å². The lowest BCUT2D eigenvalue weighted by atomic mass is 10.1. The lowest BCUT2D eigenvalue weighted by Gasteiger charge is -2.19. The predicted octanol–water partition coefficient (Wildman–Crippen LogP) is 6.17. The summed E-state index contributed by atoms with van der Waals surface area (Å²) < 4.78 is 10.8. The summed E-state index contributed by atoms with van der Waals surface area (Å²) in [5, 5.41) is 2.20. The molecule has 0 bridgehead atoms. The third-order valence-corrected chi connectivity index (χ3v) is 5.98. The normalized spacial score (nSPS) is 10.6. The molecule has 7 nitrogen and oxygen atoms in total. The first-order chi connectivity index (χ1) is 16.6. The van der Waals surface area contributed by atoms with E-state index in [1.807, 2.05) is 17.5 Å². The molecule has 0 N–H and O–H groups in total. The zero-order valence-corrected chi connectivity index (χ0v) is 20.6. The maximum absolute atomic E-state index is 13.0. The monoisotopic (exact) mass is 481 g/mol. The average Bonchev–Trinajstić information content (AvgIpc) is 3.35. The van der Waals surface area contributed by atoms with Gasteiger partial charge in [-0.2, -0.15) is 0 Å². The Kier molecular flexibility index (Phi) is 10.0. The second kappa shape index (κ2) is 13.4. The summed E-state index contributed by atoms with van der Waals surface area (Å²) in [6.45, 7) is 4.64. The van der Waals surface area contributed by atoms with E-state index in [1.165, 1.54) is 41.9 Å². The number of rotatable bonds is 12. The minimum Gasteiger partial charge on any atom is -0.494 e. The van der Waals surface area contributed by atoms with E-state index in [9.17, 15) is 9.59 Å². The molecule has 0 radical (unpaired) electrons. The van der Waals surface area contributed by atoms with E-state index in [0.717, 1.165) is 24.2 Å². The Morgan fingerprint density at radius 1 is 1.00 bits per heavy atom. The van der Waals surface area contributed by atoms with Crippen LogP contribution in [-0.2, 0) is 14.3 Å². The first-order valence-electron chi connectivity index (χ1n) is 11.7. The highest BCUT2D eigenvalue weighted by Crippen LogP contribution is 2.33. The number of pyridine rings is 1. The van der Waals surface area contributed by atoms with Crippen LogP contribution in [0.4, 0.5) is 10.8 Å². The van der Waals surface area contributed by atoms with Gasteiger partial charge in [0, 0.05) is 23.3 Å². The number of thiazole rings is 1. The Morgan fingerprint density at radius 2 is 1.76 bits per heavy atom. The number of ether oxygens (including phenoxy) is 2. The summed E-state index contributed by atoms with van der Waals surface area (Å²) in [4.78, 5) is 35.2. The number of aromatic nitrogens is 2. The SMILES string of the molecule is CCCCCCCCOc1ccc(N(C(=O)C(=O)OCC)c2nc(-c3cccnc3)cs2)cc1. The van der Waals surface area contributed by atoms with Gasteiger partial charge in [-0.3, -0.25) is 9.78 Å². The Hall–Kier alpha value is -3.26. The number of benzene rings is 1. The molecular weight excluding hydrogens is 450 g/mol. The Labute approximate surface area is 204 Å². The molecule has 1 aromatic carbocycles. The van der Waals surface area contributed by atoms with Crippen LogP contribution in [0, 0.1) is 0 Å². The van der Waals surface area contributed by atoms with Gasteiger partial charge in [-0.1, -0.05) is 39.0 Å². The van der Waals surface area contributed by atoms with Gasteiger partial charge < -0.3 is 9.47 Å². The van der Waals surface area contributed by atoms with Crippen LogP contribution in [0.2, 0.25) is 0 Å². The highest BCUT2D eigenvalue weighted by molar-refractivity contribution is 7.14. The lowest BCUT2D eigenvalue weighted by molar-refractivity contribution is -0.152. The zero-order valence-electron chi connectivity index (χ0n) is 19.7. The van der Waals surface area contributed by atoms with Crippen molar-refractivity contribution in [2.75, 3.05) is 18.1 Å². The summed E-state index contributed by atoms with van der Waals surface area (Å²) in [7, 11) is 0. The van der Waals surface area contributed by atoms with Crippen molar-refractivity contribution in [2.45, 2.75) is 52.4 Å². The van der Waals surface area contributed by atoms with Crippen molar-refractivity contribution >= 4 is 34.0 Å². The summed E-state index contributed by atoms with van der Waals surface area (Å²) in [5.41, 5.74) is 2.01. The topological polar surface area (TPSA) is 81.6 Å². The number of carbonyl (C=O) groups is 2. The van der Waals surface area contributed by atoms with Crippen molar-refractivity contribution in [3.05, 3.63) is 54.2 Å². The first kappa shape index (κ1) is 25.4. The van der Waals surface area contributed by atoms with Crippen molar-refractivity contribution in [2.24, 2.45) is 0 Å².